The van der Waals surface area contributed by atoms with E-state index in [1.54, 1.807) is 18.2 Å². The van der Waals surface area contributed by atoms with Crippen molar-refractivity contribution in [2.75, 3.05) is 39.3 Å². The smallest absolute Gasteiger partial charge is 0.211 e. The average molecular weight is 469 g/mol. The van der Waals surface area contributed by atoms with Gasteiger partial charge in [0, 0.05) is 0 Å². The highest BCUT2D eigenvalue weighted by Gasteiger charge is 2.27. The van der Waals surface area contributed by atoms with Crippen LogP contribution in [0, 0.1) is 0 Å². The van der Waals surface area contributed by atoms with Crippen molar-refractivity contribution in [1.29, 1.82) is 0 Å². The van der Waals surface area contributed by atoms with Crippen molar-refractivity contribution in [3.05, 3.63) is 0 Å². The molecule has 186 valence electrons. The normalized spacial score (nSPS) is 14.9. The number of isocyanates is 3. The lowest BCUT2D eigenvalue weighted by Crippen LogP contribution is -2.50. The van der Waals surface area contributed by atoms with Crippen LogP contribution >= 0.6 is 0 Å². The van der Waals surface area contributed by atoms with Crippen LogP contribution in [-0.2, 0) is 29.2 Å². The SMILES string of the molecule is O=C=NCCCCCCN1ON(CCCCCCN=C=O)ON(CCCCCCN=C=O)O1. The molecule has 0 radical (unpaired) electrons. The second-order valence-electron chi connectivity index (χ2n) is 7.58. The number of hydroxylamine groups is 6. The van der Waals surface area contributed by atoms with E-state index in [4.69, 9.17) is 14.8 Å². The summed E-state index contributed by atoms with van der Waals surface area (Å²) in [6.45, 7) is 3.25. The average Bonchev–Trinajstić information content (AvgIpc) is 2.82. The summed E-state index contributed by atoms with van der Waals surface area (Å²) in [4.78, 5) is 57.9. The van der Waals surface area contributed by atoms with Crippen molar-refractivity contribution in [1.82, 2.24) is 15.7 Å². The number of nitrogens with zero attached hydrogens (tertiary/aromatic N) is 6. The summed E-state index contributed by atoms with van der Waals surface area (Å²) in [5, 5.41) is 4.26. The van der Waals surface area contributed by atoms with Gasteiger partial charge < -0.3 is 0 Å². The lowest BCUT2D eigenvalue weighted by molar-refractivity contribution is -0.709. The minimum absolute atomic E-state index is 0.512. The van der Waals surface area contributed by atoms with E-state index in [0.29, 0.717) is 39.3 Å². The number of hydrogen-bond donors (Lipinski definition) is 0. The van der Waals surface area contributed by atoms with Crippen LogP contribution in [0.5, 0.6) is 0 Å². The number of hydrogen-bond acceptors (Lipinski definition) is 12. The van der Waals surface area contributed by atoms with Gasteiger partial charge in [0.2, 0.25) is 18.2 Å². The Hall–Kier alpha value is -2.10. The Morgan fingerprint density at radius 1 is 0.424 bits per heavy atom. The maximum absolute atomic E-state index is 10.1. The zero-order valence-corrected chi connectivity index (χ0v) is 19.4. The standard InChI is InChI=1S/C21H36N6O6/c28-19-22-13-7-1-4-10-16-25-31-26(17-11-5-2-8-14-23-20-29)33-27(32-25)18-12-6-3-9-15-24-21-30/h1-18H2. The molecule has 0 amide bonds. The number of rotatable bonds is 21. The first kappa shape index (κ1) is 28.9. The van der Waals surface area contributed by atoms with E-state index in [-0.39, 0.29) is 0 Å². The molecular formula is C21H36N6O6. The Morgan fingerprint density at radius 2 is 0.697 bits per heavy atom. The Bertz CT molecular complexity index is 543. The Labute approximate surface area is 195 Å². The molecule has 0 N–H and O–H groups in total. The van der Waals surface area contributed by atoms with Crippen LogP contribution in [0.3, 0.4) is 0 Å². The number of carbonyl (C=O) groups excluding carboxylic acids is 3. The molecule has 1 aliphatic rings. The number of unbranched alkanes of at least 4 members (excludes halogenated alkanes) is 9. The number of aliphatic imine (C=N–C) groups is 3. The summed E-state index contributed by atoms with van der Waals surface area (Å²) in [6, 6.07) is 0. The van der Waals surface area contributed by atoms with E-state index < -0.39 is 0 Å². The quantitative estimate of drug-likeness (QED) is 0.142. The summed E-state index contributed by atoms with van der Waals surface area (Å²) in [6.07, 6.45) is 15.6. The highest BCUT2D eigenvalue weighted by atomic mass is 17.3. The van der Waals surface area contributed by atoms with Crippen molar-refractivity contribution in [3.8, 4) is 0 Å². The van der Waals surface area contributed by atoms with E-state index >= 15 is 0 Å². The molecule has 0 atom stereocenters. The van der Waals surface area contributed by atoms with Gasteiger partial charge in [-0.1, -0.05) is 38.5 Å². The second-order valence-corrected chi connectivity index (χ2v) is 7.58. The fourth-order valence-electron chi connectivity index (χ4n) is 3.09. The summed E-state index contributed by atoms with van der Waals surface area (Å²) in [5.74, 6) is 0. The molecule has 1 heterocycles. The van der Waals surface area contributed by atoms with Gasteiger partial charge in [0.1, 0.15) is 0 Å². The monoisotopic (exact) mass is 468 g/mol. The molecule has 0 aromatic rings. The Morgan fingerprint density at radius 3 is 0.970 bits per heavy atom. The van der Waals surface area contributed by atoms with Crippen LogP contribution in [0.4, 0.5) is 0 Å². The van der Waals surface area contributed by atoms with Gasteiger partial charge in [-0.25, -0.2) is 29.4 Å². The summed E-state index contributed by atoms with van der Waals surface area (Å²) >= 11 is 0. The molecule has 0 unspecified atom stereocenters. The van der Waals surface area contributed by atoms with Crippen molar-refractivity contribution in [3.63, 3.8) is 0 Å². The molecule has 0 aliphatic carbocycles. The molecular weight excluding hydrogens is 432 g/mol. The van der Waals surface area contributed by atoms with Gasteiger partial charge in [0.05, 0.1) is 39.3 Å². The van der Waals surface area contributed by atoms with Gasteiger partial charge in [-0.15, -0.1) is 0 Å². The topological polar surface area (TPSA) is 126 Å². The van der Waals surface area contributed by atoms with E-state index in [2.05, 4.69) is 15.0 Å². The second kappa shape index (κ2) is 21.7. The first-order valence-corrected chi connectivity index (χ1v) is 11.8. The van der Waals surface area contributed by atoms with Crippen molar-refractivity contribution in [2.24, 2.45) is 15.0 Å². The highest BCUT2D eigenvalue weighted by molar-refractivity contribution is 5.33. The Balaban J connectivity index is 2.33. The van der Waals surface area contributed by atoms with E-state index in [1.165, 1.54) is 15.7 Å². The van der Waals surface area contributed by atoms with Gasteiger partial charge >= 0.3 is 0 Å². The molecule has 0 aromatic heterocycles. The van der Waals surface area contributed by atoms with Gasteiger partial charge in [0.25, 0.3) is 0 Å². The third-order valence-corrected chi connectivity index (χ3v) is 4.82. The van der Waals surface area contributed by atoms with Gasteiger partial charge in [0.15, 0.2) is 0 Å². The highest BCUT2D eigenvalue weighted by Crippen LogP contribution is 2.16. The molecule has 33 heavy (non-hydrogen) atoms. The molecule has 1 rings (SSSR count). The van der Waals surface area contributed by atoms with Crippen LogP contribution in [0.15, 0.2) is 15.0 Å². The lowest BCUT2D eigenvalue weighted by atomic mass is 10.2. The third-order valence-electron chi connectivity index (χ3n) is 4.82. The first-order chi connectivity index (χ1) is 16.3. The molecule has 1 fully saturated rings. The molecule has 0 saturated carbocycles. The minimum atomic E-state index is 0.512. The fraction of sp³-hybridized carbons (Fsp3) is 0.857. The maximum atomic E-state index is 10.1. The molecule has 0 aromatic carbocycles. The third kappa shape index (κ3) is 17.1. The van der Waals surface area contributed by atoms with Crippen LogP contribution in [-0.4, -0.2) is 73.2 Å². The van der Waals surface area contributed by atoms with Gasteiger partial charge in [-0.3, -0.25) is 0 Å². The first-order valence-electron chi connectivity index (χ1n) is 11.8. The largest absolute Gasteiger partial charge is 0.234 e. The zero-order chi connectivity index (χ0) is 23.8. The lowest BCUT2D eigenvalue weighted by Gasteiger charge is -2.37. The predicted molar refractivity (Wildman–Crippen MR) is 118 cm³/mol. The van der Waals surface area contributed by atoms with Crippen molar-refractivity contribution >= 4 is 18.2 Å². The molecule has 1 aliphatic heterocycles. The van der Waals surface area contributed by atoms with Crippen LogP contribution in [0.2, 0.25) is 0 Å². The zero-order valence-electron chi connectivity index (χ0n) is 19.4. The van der Waals surface area contributed by atoms with Crippen LogP contribution < -0.4 is 0 Å². The molecule has 1 saturated heterocycles. The van der Waals surface area contributed by atoms with Crippen molar-refractivity contribution < 1.29 is 29.2 Å². The van der Waals surface area contributed by atoms with Crippen LogP contribution in [0.1, 0.15) is 77.0 Å². The molecule has 12 nitrogen and oxygen atoms in total. The summed E-state index contributed by atoms with van der Waals surface area (Å²) < 4.78 is 0. The maximum Gasteiger partial charge on any atom is 0.234 e. The molecule has 0 spiro atoms. The Kier molecular flexibility index (Phi) is 19.1. The van der Waals surface area contributed by atoms with E-state index in [9.17, 15) is 14.4 Å². The van der Waals surface area contributed by atoms with Crippen molar-refractivity contribution in [2.45, 2.75) is 77.0 Å². The van der Waals surface area contributed by atoms with Gasteiger partial charge in [-0.05, 0) is 54.2 Å². The summed E-state index contributed by atoms with van der Waals surface area (Å²) in [7, 11) is 0. The van der Waals surface area contributed by atoms with E-state index in [0.717, 1.165) is 77.0 Å². The van der Waals surface area contributed by atoms with Gasteiger partial charge in [-0.2, -0.15) is 14.8 Å². The fourth-order valence-corrected chi connectivity index (χ4v) is 3.09. The molecule has 12 heteroatoms. The van der Waals surface area contributed by atoms with E-state index in [1.807, 2.05) is 0 Å². The minimum Gasteiger partial charge on any atom is -0.211 e. The predicted octanol–water partition coefficient (Wildman–Crippen LogP) is 3.13. The van der Waals surface area contributed by atoms with Crippen LogP contribution in [0.25, 0.3) is 0 Å². The molecule has 0 bridgehead atoms. The summed E-state index contributed by atoms with van der Waals surface area (Å²) in [5.41, 5.74) is 0.